The number of methoxy groups -OCH3 is 2. The number of amides is 3. The monoisotopic (exact) mass is 779 g/mol. The molecule has 296 valence electrons. The van der Waals surface area contributed by atoms with Crippen LogP contribution in [-0.2, 0) is 55.1 Å². The van der Waals surface area contributed by atoms with Crippen molar-refractivity contribution in [1.82, 2.24) is 16.0 Å². The molecule has 0 rings (SSSR count). The minimum Gasteiger partial charge on any atom is -0.453 e. The van der Waals surface area contributed by atoms with Gasteiger partial charge < -0.3 is 40.1 Å². The highest BCUT2D eigenvalue weighted by Gasteiger charge is 2.32. The highest BCUT2D eigenvalue weighted by molar-refractivity contribution is 7.48. The van der Waals surface area contributed by atoms with E-state index in [1.54, 1.807) is 0 Å². The molecule has 20 nitrogen and oxygen atoms in total. The third-order valence-corrected chi connectivity index (χ3v) is 8.08. The molecule has 0 aromatic carbocycles. The zero-order valence-corrected chi connectivity index (χ0v) is 33.0. The van der Waals surface area contributed by atoms with Gasteiger partial charge in [-0.2, -0.15) is 0 Å². The highest BCUT2D eigenvalue weighted by atomic mass is 31.2. The maximum absolute atomic E-state index is 12.5. The van der Waals surface area contributed by atoms with E-state index < -0.39 is 66.9 Å². The lowest BCUT2D eigenvalue weighted by Gasteiger charge is -2.22. The number of phosphoric acid groups is 3. The molecule has 0 bridgehead atoms. The van der Waals surface area contributed by atoms with E-state index in [1.807, 2.05) is 41.5 Å². The van der Waals surface area contributed by atoms with Crippen LogP contribution in [0.4, 0.5) is 9.59 Å². The molecule has 4 unspecified atom stereocenters. The van der Waals surface area contributed by atoms with Gasteiger partial charge in [0.05, 0.1) is 34.0 Å². The first-order chi connectivity index (χ1) is 23.1. The summed E-state index contributed by atoms with van der Waals surface area (Å²) in [6.07, 6.45) is -0.530. The third-order valence-electron chi connectivity index (χ3n) is 5.13. The van der Waals surface area contributed by atoms with Crippen molar-refractivity contribution in [2.45, 2.75) is 92.2 Å². The molecule has 0 aliphatic rings. The second-order valence-electron chi connectivity index (χ2n) is 8.38. The molecule has 23 heteroatoms. The van der Waals surface area contributed by atoms with Crippen LogP contribution in [0.3, 0.4) is 0 Å². The summed E-state index contributed by atoms with van der Waals surface area (Å²) in [5, 5.41) is 7.62. The fourth-order valence-electron chi connectivity index (χ4n) is 2.91. The smallest absolute Gasteiger partial charge is 0.453 e. The predicted octanol–water partition coefficient (Wildman–Crippen LogP) is 4.63. The minimum absolute atomic E-state index is 0.216. The van der Waals surface area contributed by atoms with E-state index >= 15 is 0 Å². The lowest BCUT2D eigenvalue weighted by Crippen LogP contribution is -2.47. The van der Waals surface area contributed by atoms with Gasteiger partial charge in [0.2, 0.25) is 5.91 Å². The van der Waals surface area contributed by atoms with Crippen LogP contribution in [0.5, 0.6) is 0 Å². The summed E-state index contributed by atoms with van der Waals surface area (Å²) >= 11 is 0. The normalized spacial score (nSPS) is 15.2. The average Bonchev–Trinajstić information content (AvgIpc) is 3.10. The van der Waals surface area contributed by atoms with Crippen LogP contribution >= 0.6 is 23.5 Å². The SMILES string of the molecule is CC.CC.CC.COC(=O)NCCCCC(NC(=O)OC)C(=O)NCCCCCOP(=O)(O)OC(COP(=O)(O)OC)COP(=O)(O)OC. The molecule has 0 spiro atoms. The lowest BCUT2D eigenvalue weighted by atomic mass is 10.1. The van der Waals surface area contributed by atoms with Crippen molar-refractivity contribution in [3.63, 3.8) is 0 Å². The molecule has 0 aromatic heterocycles. The Morgan fingerprint density at radius 3 is 1.55 bits per heavy atom. The largest absolute Gasteiger partial charge is 0.472 e. The van der Waals surface area contributed by atoms with Crippen molar-refractivity contribution in [3.05, 3.63) is 0 Å². The summed E-state index contributed by atoms with van der Waals surface area (Å²) in [7, 11) is -9.69. The van der Waals surface area contributed by atoms with Gasteiger partial charge in [0, 0.05) is 27.3 Å². The molecule has 0 heterocycles. The number of carbonyl (C=O) groups excluding carboxylic acids is 3. The molecule has 4 atom stereocenters. The van der Waals surface area contributed by atoms with E-state index in [9.17, 15) is 42.8 Å². The van der Waals surface area contributed by atoms with E-state index in [4.69, 9.17) is 9.05 Å². The number of carbonyl (C=O) groups is 3. The predicted molar refractivity (Wildman–Crippen MR) is 181 cm³/mol. The number of hydrogen-bond acceptors (Lipinski definition) is 14. The fourth-order valence-corrected chi connectivity index (χ4v) is 4.75. The van der Waals surface area contributed by atoms with Gasteiger partial charge in [-0.25, -0.2) is 23.3 Å². The number of alkyl carbamates (subject to hydrolysis) is 2. The highest BCUT2D eigenvalue weighted by Crippen LogP contribution is 2.48. The van der Waals surface area contributed by atoms with Crippen LogP contribution in [0.25, 0.3) is 0 Å². The van der Waals surface area contributed by atoms with Crippen molar-refractivity contribution in [3.8, 4) is 0 Å². The van der Waals surface area contributed by atoms with Gasteiger partial charge in [-0.15, -0.1) is 0 Å². The third kappa shape index (κ3) is 33.3. The average molecular weight is 780 g/mol. The van der Waals surface area contributed by atoms with E-state index in [1.165, 1.54) is 7.11 Å². The molecule has 0 fully saturated rings. The van der Waals surface area contributed by atoms with Crippen molar-refractivity contribution in [1.29, 1.82) is 0 Å². The molecule has 0 saturated heterocycles. The standard InChI is InChI=1S/C20H42N3O17P3.3C2H6/c1-33-19(25)22-12-8-6-10-17(23-20(26)34-2)18(24)21-11-7-5-9-13-37-43(31,32)40-16(14-38-41(27,28)35-3)15-39-42(29,30)36-4;3*1-2/h16-17H,5-15H2,1-4H3,(H,21,24)(H,22,25)(H,23,26)(H,27,28)(H,29,30)(H,31,32);3*1-2H3. The van der Waals surface area contributed by atoms with Gasteiger partial charge in [0.25, 0.3) is 0 Å². The van der Waals surface area contributed by atoms with E-state index in [2.05, 4.69) is 43.5 Å². The number of unbranched alkanes of at least 4 members (excludes halogenated alkanes) is 3. The van der Waals surface area contributed by atoms with E-state index in [0.717, 1.165) is 21.3 Å². The zero-order valence-electron chi connectivity index (χ0n) is 30.3. The van der Waals surface area contributed by atoms with Crippen LogP contribution in [0, 0.1) is 0 Å². The summed E-state index contributed by atoms with van der Waals surface area (Å²) in [5.41, 5.74) is 0. The van der Waals surface area contributed by atoms with Gasteiger partial charge in [-0.3, -0.25) is 31.9 Å². The Bertz CT molecular complexity index is 966. The van der Waals surface area contributed by atoms with Crippen molar-refractivity contribution in [2.24, 2.45) is 0 Å². The lowest BCUT2D eigenvalue weighted by molar-refractivity contribution is -0.123. The Morgan fingerprint density at radius 1 is 0.612 bits per heavy atom. The topological polar surface area (TPSA) is 273 Å². The molecule has 0 aliphatic carbocycles. The summed E-state index contributed by atoms with van der Waals surface area (Å²) < 4.78 is 71.6. The summed E-state index contributed by atoms with van der Waals surface area (Å²) in [6, 6.07) is -0.875. The number of phosphoric ester groups is 3. The Hall–Kier alpha value is -1.66. The van der Waals surface area contributed by atoms with Crippen molar-refractivity contribution >= 4 is 41.6 Å². The van der Waals surface area contributed by atoms with Gasteiger partial charge in [0.1, 0.15) is 12.1 Å². The maximum atomic E-state index is 12.5. The number of nitrogens with one attached hydrogen (secondary N) is 3. The summed E-state index contributed by atoms with van der Waals surface area (Å²) in [5.74, 6) is -0.451. The van der Waals surface area contributed by atoms with Gasteiger partial charge in [-0.1, -0.05) is 41.5 Å². The Morgan fingerprint density at radius 2 is 1.08 bits per heavy atom. The summed E-state index contributed by atoms with van der Waals surface area (Å²) in [6.45, 7) is 10.6. The van der Waals surface area contributed by atoms with Crippen LogP contribution in [0.1, 0.15) is 80.1 Å². The van der Waals surface area contributed by atoms with Crippen LogP contribution < -0.4 is 16.0 Å². The van der Waals surface area contributed by atoms with Crippen LogP contribution in [0.2, 0.25) is 0 Å². The molecular formula is C26H60N3O17P3. The van der Waals surface area contributed by atoms with Crippen LogP contribution in [-0.4, -0.2) is 106 Å². The van der Waals surface area contributed by atoms with Crippen molar-refractivity contribution in [2.75, 3.05) is 61.3 Å². The number of rotatable bonds is 24. The van der Waals surface area contributed by atoms with Gasteiger partial charge in [0.15, 0.2) is 0 Å². The maximum Gasteiger partial charge on any atom is 0.472 e. The number of hydrogen-bond donors (Lipinski definition) is 6. The minimum atomic E-state index is -4.79. The van der Waals surface area contributed by atoms with Gasteiger partial charge in [-0.05, 0) is 38.5 Å². The van der Waals surface area contributed by atoms with E-state index in [-0.39, 0.29) is 26.0 Å². The zero-order chi connectivity index (χ0) is 38.9. The quantitative estimate of drug-likeness (QED) is 0.0575. The van der Waals surface area contributed by atoms with Crippen molar-refractivity contribution < 1.29 is 79.4 Å². The molecule has 0 radical (unpaired) electrons. The molecule has 0 saturated carbocycles. The summed E-state index contributed by atoms with van der Waals surface area (Å²) in [4.78, 5) is 63.9. The second kappa shape index (κ2) is 33.5. The molecule has 6 N–H and O–H groups in total. The molecule has 0 aliphatic heterocycles. The molecule has 0 aromatic rings. The Labute approximate surface area is 290 Å². The molecule has 49 heavy (non-hydrogen) atoms. The van der Waals surface area contributed by atoms with Gasteiger partial charge >= 0.3 is 35.7 Å². The molecular weight excluding hydrogens is 719 g/mol. The fraction of sp³-hybridized carbons (Fsp3) is 0.885. The number of ether oxygens (including phenoxy) is 2. The first-order valence-electron chi connectivity index (χ1n) is 15.8. The second-order valence-corrected chi connectivity index (χ2v) is 12.9. The molecule has 3 amide bonds. The Balaban J connectivity index is -0.00000159. The first kappa shape index (κ1) is 54.1. The van der Waals surface area contributed by atoms with E-state index in [0.29, 0.717) is 32.2 Å². The first-order valence-corrected chi connectivity index (χ1v) is 20.2. The Kier molecular flexibility index (Phi) is 37.0. The van der Waals surface area contributed by atoms with Crippen LogP contribution in [0.15, 0.2) is 0 Å².